The van der Waals surface area contributed by atoms with Gasteiger partial charge in [0.2, 0.25) is 0 Å². The average Bonchev–Trinajstić information content (AvgIpc) is 2.95. The molecule has 0 aliphatic carbocycles. The highest BCUT2D eigenvalue weighted by Gasteiger charge is 2.12. The van der Waals surface area contributed by atoms with Crippen LogP contribution in [0.5, 0.6) is 0 Å². The van der Waals surface area contributed by atoms with Crippen molar-refractivity contribution < 1.29 is 9.90 Å². The lowest BCUT2D eigenvalue weighted by molar-refractivity contribution is 0.0691. The minimum absolute atomic E-state index is 0.206. The number of aromatic carboxylic acids is 1. The molecule has 0 saturated heterocycles. The Morgan fingerprint density at radius 2 is 2.05 bits per heavy atom. The first kappa shape index (κ1) is 11.6. The summed E-state index contributed by atoms with van der Waals surface area (Å²) in [4.78, 5) is 13.8. The maximum atomic E-state index is 10.9. The van der Waals surface area contributed by atoms with Crippen LogP contribution < -0.4 is 0 Å². The van der Waals surface area contributed by atoms with Crippen molar-refractivity contribution in [3.8, 4) is 11.4 Å². The van der Waals surface area contributed by atoms with Crippen molar-refractivity contribution in [1.29, 1.82) is 0 Å². The van der Waals surface area contributed by atoms with Crippen LogP contribution in [0.4, 0.5) is 0 Å². The van der Waals surface area contributed by atoms with Gasteiger partial charge in [-0.2, -0.15) is 0 Å². The maximum Gasteiger partial charge on any atom is 0.352 e. The molecule has 0 aliphatic heterocycles. The number of aromatic nitrogens is 2. The lowest BCUT2D eigenvalue weighted by Crippen LogP contribution is -1.97. The molecule has 0 saturated carbocycles. The number of aromatic amines is 1. The normalized spacial score (nSPS) is 11.1. The predicted octanol–water partition coefficient (Wildman–Crippen LogP) is 3.18. The van der Waals surface area contributed by atoms with Crippen LogP contribution in [0.1, 0.15) is 16.1 Å². The second-order valence-electron chi connectivity index (χ2n) is 4.69. The standard InChI is InChI=1S/C15H14N2O2/c1-9-4-3-5-10-8-13(17(2)14(9)10)11-6-7-12(16-11)15(18)19/h3-8,16H,1-2H3,(H,18,19). The Hall–Kier alpha value is -2.49. The van der Waals surface area contributed by atoms with Gasteiger partial charge in [-0.1, -0.05) is 18.2 Å². The third-order valence-corrected chi connectivity index (χ3v) is 3.45. The molecule has 0 amide bonds. The lowest BCUT2D eigenvalue weighted by Gasteiger charge is -2.04. The fourth-order valence-corrected chi connectivity index (χ4v) is 2.55. The monoisotopic (exact) mass is 254 g/mol. The number of hydrogen-bond donors (Lipinski definition) is 2. The molecular weight excluding hydrogens is 240 g/mol. The summed E-state index contributed by atoms with van der Waals surface area (Å²) in [6.07, 6.45) is 0. The first-order valence-electron chi connectivity index (χ1n) is 6.05. The van der Waals surface area contributed by atoms with E-state index in [2.05, 4.69) is 34.7 Å². The number of aryl methyl sites for hydroxylation is 2. The van der Waals surface area contributed by atoms with Crippen molar-refractivity contribution >= 4 is 16.9 Å². The highest BCUT2D eigenvalue weighted by Crippen LogP contribution is 2.28. The minimum atomic E-state index is -0.943. The highest BCUT2D eigenvalue weighted by atomic mass is 16.4. The van der Waals surface area contributed by atoms with E-state index in [1.54, 1.807) is 12.1 Å². The lowest BCUT2D eigenvalue weighted by atomic mass is 10.2. The summed E-state index contributed by atoms with van der Waals surface area (Å²) in [5, 5.41) is 10.1. The molecule has 0 bridgehead atoms. The molecule has 2 N–H and O–H groups in total. The van der Waals surface area contributed by atoms with Gasteiger partial charge in [0.25, 0.3) is 0 Å². The van der Waals surface area contributed by atoms with Gasteiger partial charge in [-0.05, 0) is 30.7 Å². The largest absolute Gasteiger partial charge is 0.477 e. The molecule has 0 fully saturated rings. The molecule has 0 unspecified atom stereocenters. The topological polar surface area (TPSA) is 58.0 Å². The Morgan fingerprint density at radius 3 is 2.68 bits per heavy atom. The summed E-state index contributed by atoms with van der Waals surface area (Å²) in [5.41, 5.74) is 4.38. The van der Waals surface area contributed by atoms with E-state index in [0.717, 1.165) is 16.8 Å². The summed E-state index contributed by atoms with van der Waals surface area (Å²) in [7, 11) is 1.99. The van der Waals surface area contributed by atoms with Crippen molar-refractivity contribution in [2.24, 2.45) is 7.05 Å². The first-order valence-corrected chi connectivity index (χ1v) is 6.05. The van der Waals surface area contributed by atoms with E-state index in [9.17, 15) is 4.79 Å². The number of hydrogen-bond acceptors (Lipinski definition) is 1. The fourth-order valence-electron chi connectivity index (χ4n) is 2.55. The van der Waals surface area contributed by atoms with Crippen LogP contribution in [0.3, 0.4) is 0 Å². The second-order valence-corrected chi connectivity index (χ2v) is 4.69. The highest BCUT2D eigenvalue weighted by molar-refractivity contribution is 5.90. The number of nitrogens with zero attached hydrogens (tertiary/aromatic N) is 1. The Bertz CT molecular complexity index is 781. The molecule has 0 atom stereocenters. The van der Waals surface area contributed by atoms with Crippen LogP contribution in [0.2, 0.25) is 0 Å². The minimum Gasteiger partial charge on any atom is -0.477 e. The quantitative estimate of drug-likeness (QED) is 0.738. The molecule has 19 heavy (non-hydrogen) atoms. The summed E-state index contributed by atoms with van der Waals surface area (Å²) in [6, 6.07) is 11.6. The molecule has 4 heteroatoms. The van der Waals surface area contributed by atoms with Crippen molar-refractivity contribution in [3.05, 3.63) is 47.7 Å². The number of nitrogens with one attached hydrogen (secondary N) is 1. The molecule has 96 valence electrons. The average molecular weight is 254 g/mol. The van der Waals surface area contributed by atoms with Gasteiger partial charge in [-0.15, -0.1) is 0 Å². The molecule has 3 rings (SSSR count). The Kier molecular flexibility index (Phi) is 2.45. The van der Waals surface area contributed by atoms with Crippen molar-refractivity contribution in [2.75, 3.05) is 0 Å². The van der Waals surface area contributed by atoms with Crippen LogP contribution in [-0.2, 0) is 7.05 Å². The molecule has 2 heterocycles. The number of benzene rings is 1. The zero-order chi connectivity index (χ0) is 13.6. The fraction of sp³-hybridized carbons (Fsp3) is 0.133. The molecule has 3 aromatic rings. The molecule has 0 radical (unpaired) electrons. The Morgan fingerprint density at radius 1 is 1.26 bits per heavy atom. The summed E-state index contributed by atoms with van der Waals surface area (Å²) in [6.45, 7) is 2.07. The van der Waals surface area contributed by atoms with Gasteiger partial charge in [0.1, 0.15) is 5.69 Å². The summed E-state index contributed by atoms with van der Waals surface area (Å²) >= 11 is 0. The summed E-state index contributed by atoms with van der Waals surface area (Å²) in [5.74, 6) is -0.943. The van der Waals surface area contributed by atoms with Crippen molar-refractivity contribution in [2.45, 2.75) is 6.92 Å². The van der Waals surface area contributed by atoms with E-state index in [1.807, 2.05) is 13.1 Å². The molecule has 4 nitrogen and oxygen atoms in total. The van der Waals surface area contributed by atoms with Crippen LogP contribution in [0, 0.1) is 6.92 Å². The van der Waals surface area contributed by atoms with Gasteiger partial charge in [-0.25, -0.2) is 4.79 Å². The van der Waals surface area contributed by atoms with Gasteiger partial charge in [-0.3, -0.25) is 0 Å². The van der Waals surface area contributed by atoms with E-state index < -0.39 is 5.97 Å². The zero-order valence-electron chi connectivity index (χ0n) is 10.8. The number of H-pyrrole nitrogens is 1. The van der Waals surface area contributed by atoms with E-state index in [1.165, 1.54) is 11.1 Å². The summed E-state index contributed by atoms with van der Waals surface area (Å²) < 4.78 is 2.09. The number of para-hydroxylation sites is 1. The Balaban J connectivity index is 2.22. The van der Waals surface area contributed by atoms with Crippen LogP contribution in [0.25, 0.3) is 22.3 Å². The number of carboxylic acids is 1. The van der Waals surface area contributed by atoms with Crippen molar-refractivity contribution in [3.63, 3.8) is 0 Å². The van der Waals surface area contributed by atoms with Crippen LogP contribution >= 0.6 is 0 Å². The molecule has 0 aliphatic rings. The van der Waals surface area contributed by atoms with Gasteiger partial charge in [0.05, 0.1) is 16.9 Å². The SMILES string of the molecule is Cc1cccc2cc(-c3ccc(C(=O)O)[nH]3)n(C)c12. The van der Waals surface area contributed by atoms with Gasteiger partial charge in [0.15, 0.2) is 0 Å². The number of carboxylic acid groups (broad SMARTS) is 1. The predicted molar refractivity (Wildman–Crippen MR) is 74.4 cm³/mol. The number of carbonyl (C=O) groups is 1. The van der Waals surface area contributed by atoms with E-state index in [0.29, 0.717) is 0 Å². The first-order chi connectivity index (χ1) is 9.08. The molecule has 1 aromatic carbocycles. The van der Waals surface area contributed by atoms with E-state index >= 15 is 0 Å². The third-order valence-electron chi connectivity index (χ3n) is 3.45. The maximum absolute atomic E-state index is 10.9. The second kappa shape index (κ2) is 4.02. The smallest absolute Gasteiger partial charge is 0.352 e. The Labute approximate surface area is 110 Å². The molecule has 0 spiro atoms. The van der Waals surface area contributed by atoms with Gasteiger partial charge < -0.3 is 14.7 Å². The number of rotatable bonds is 2. The van der Waals surface area contributed by atoms with E-state index in [4.69, 9.17) is 5.11 Å². The zero-order valence-corrected chi connectivity index (χ0v) is 10.8. The third kappa shape index (κ3) is 1.73. The van der Waals surface area contributed by atoms with Gasteiger partial charge >= 0.3 is 5.97 Å². The van der Waals surface area contributed by atoms with Crippen molar-refractivity contribution in [1.82, 2.24) is 9.55 Å². The van der Waals surface area contributed by atoms with Crippen LogP contribution in [-0.4, -0.2) is 20.6 Å². The molecule has 2 aromatic heterocycles. The van der Waals surface area contributed by atoms with Crippen LogP contribution in [0.15, 0.2) is 36.4 Å². The van der Waals surface area contributed by atoms with E-state index in [-0.39, 0.29) is 5.69 Å². The number of fused-ring (bicyclic) bond motifs is 1. The van der Waals surface area contributed by atoms with Gasteiger partial charge in [0, 0.05) is 12.4 Å². The molecular formula is C15H14N2O2.